The lowest BCUT2D eigenvalue weighted by atomic mass is 10.1. The minimum Gasteiger partial charge on any atom is -0.493 e. The highest BCUT2D eigenvalue weighted by atomic mass is 32.1. The molecule has 0 saturated heterocycles. The van der Waals surface area contributed by atoms with E-state index in [0.717, 1.165) is 30.0 Å². The molecule has 4 nitrogen and oxygen atoms in total. The van der Waals surface area contributed by atoms with Crippen molar-refractivity contribution in [3.8, 4) is 17.6 Å². The summed E-state index contributed by atoms with van der Waals surface area (Å²) in [6, 6.07) is 10.4. The molecule has 0 aliphatic rings. The molecule has 22 heavy (non-hydrogen) atoms. The lowest BCUT2D eigenvalue weighted by molar-refractivity contribution is 0.354. The van der Waals surface area contributed by atoms with E-state index in [4.69, 9.17) is 14.7 Å². The van der Waals surface area contributed by atoms with E-state index in [1.54, 1.807) is 25.6 Å². The average Bonchev–Trinajstić information content (AvgIpc) is 3.01. The Morgan fingerprint density at radius 2 is 2.00 bits per heavy atom. The molecule has 1 aromatic carbocycles. The highest BCUT2D eigenvalue weighted by Gasteiger charge is 2.08. The van der Waals surface area contributed by atoms with Crippen molar-refractivity contribution in [1.82, 2.24) is 5.32 Å². The van der Waals surface area contributed by atoms with Crippen molar-refractivity contribution in [2.45, 2.75) is 25.9 Å². The fourth-order valence-corrected chi connectivity index (χ4v) is 3.00. The first-order valence-electron chi connectivity index (χ1n) is 7.08. The zero-order valence-corrected chi connectivity index (χ0v) is 13.9. The molecule has 0 radical (unpaired) electrons. The van der Waals surface area contributed by atoms with E-state index < -0.39 is 0 Å². The zero-order chi connectivity index (χ0) is 15.9. The minimum atomic E-state index is 0.325. The van der Waals surface area contributed by atoms with Gasteiger partial charge in [0.25, 0.3) is 0 Å². The summed E-state index contributed by atoms with van der Waals surface area (Å²) in [6.07, 6.45) is 0.900. The van der Waals surface area contributed by atoms with Crippen molar-refractivity contribution in [1.29, 1.82) is 5.26 Å². The molecular formula is C17H20N2O2S. The molecule has 1 heterocycles. The van der Waals surface area contributed by atoms with Gasteiger partial charge in [-0.1, -0.05) is 6.07 Å². The summed E-state index contributed by atoms with van der Waals surface area (Å²) in [4.78, 5) is 1.18. The molecule has 0 aliphatic heterocycles. The second-order valence-electron chi connectivity index (χ2n) is 5.09. The molecule has 2 rings (SSSR count). The summed E-state index contributed by atoms with van der Waals surface area (Å²) in [7, 11) is 3.28. The Morgan fingerprint density at radius 3 is 2.64 bits per heavy atom. The summed E-state index contributed by atoms with van der Waals surface area (Å²) in [5, 5.41) is 14.2. The van der Waals surface area contributed by atoms with Gasteiger partial charge in [0.05, 0.1) is 19.8 Å². The maximum absolute atomic E-state index is 8.83. The van der Waals surface area contributed by atoms with E-state index in [2.05, 4.69) is 24.4 Å². The van der Waals surface area contributed by atoms with Crippen LogP contribution in [0, 0.1) is 11.3 Å². The van der Waals surface area contributed by atoms with Gasteiger partial charge in [-0.05, 0) is 37.1 Å². The number of thiophene rings is 1. The van der Waals surface area contributed by atoms with E-state index in [-0.39, 0.29) is 0 Å². The van der Waals surface area contributed by atoms with Crippen LogP contribution < -0.4 is 14.8 Å². The Morgan fingerprint density at radius 1 is 1.23 bits per heavy atom. The van der Waals surface area contributed by atoms with Crippen LogP contribution in [0.15, 0.2) is 29.6 Å². The Balaban J connectivity index is 1.91. The summed E-state index contributed by atoms with van der Waals surface area (Å²) in [6.45, 7) is 2.93. The van der Waals surface area contributed by atoms with Gasteiger partial charge in [-0.2, -0.15) is 5.26 Å². The van der Waals surface area contributed by atoms with Crippen LogP contribution in [0.1, 0.15) is 22.9 Å². The van der Waals surface area contributed by atoms with Crippen LogP contribution in [0.3, 0.4) is 0 Å². The van der Waals surface area contributed by atoms with Gasteiger partial charge in [0.2, 0.25) is 0 Å². The highest BCUT2D eigenvalue weighted by molar-refractivity contribution is 7.10. The van der Waals surface area contributed by atoms with E-state index in [9.17, 15) is 0 Å². The number of nitriles is 1. The number of rotatable bonds is 7. The molecule has 0 spiro atoms. The van der Waals surface area contributed by atoms with Crippen LogP contribution in [0.25, 0.3) is 0 Å². The van der Waals surface area contributed by atoms with Crippen molar-refractivity contribution < 1.29 is 9.47 Å². The first kappa shape index (κ1) is 16.3. The Kier molecular flexibility index (Phi) is 5.82. The third-order valence-corrected chi connectivity index (χ3v) is 4.33. The summed E-state index contributed by atoms with van der Waals surface area (Å²) in [5.74, 6) is 1.50. The zero-order valence-electron chi connectivity index (χ0n) is 13.1. The van der Waals surface area contributed by atoms with Gasteiger partial charge in [0.15, 0.2) is 11.5 Å². The predicted molar refractivity (Wildman–Crippen MR) is 88.6 cm³/mol. The maximum atomic E-state index is 8.83. The number of benzene rings is 1. The molecule has 0 fully saturated rings. The van der Waals surface area contributed by atoms with Crippen LogP contribution in [0.2, 0.25) is 0 Å². The number of nitrogens with zero attached hydrogens (tertiary/aromatic N) is 1. The summed E-state index contributed by atoms with van der Waals surface area (Å²) >= 11 is 1.61. The predicted octanol–water partition coefficient (Wildman–Crippen LogP) is 3.36. The van der Waals surface area contributed by atoms with Crippen molar-refractivity contribution in [3.63, 3.8) is 0 Å². The number of ether oxygens (including phenoxy) is 2. The third kappa shape index (κ3) is 4.23. The number of nitrogens with one attached hydrogen (secondary N) is 1. The van der Waals surface area contributed by atoms with Gasteiger partial charge >= 0.3 is 0 Å². The van der Waals surface area contributed by atoms with E-state index in [1.165, 1.54) is 10.4 Å². The first-order valence-corrected chi connectivity index (χ1v) is 7.96. The SMILES string of the molecule is COc1ccc(CC(C)NCc2cc(C#N)cs2)cc1OC. The van der Waals surface area contributed by atoms with Crippen molar-refractivity contribution in [2.24, 2.45) is 0 Å². The maximum Gasteiger partial charge on any atom is 0.160 e. The Labute approximate surface area is 135 Å². The number of hydrogen-bond donors (Lipinski definition) is 1. The van der Waals surface area contributed by atoms with Crippen LogP contribution in [-0.2, 0) is 13.0 Å². The third-order valence-electron chi connectivity index (χ3n) is 3.40. The Hall–Kier alpha value is -2.03. The fourth-order valence-electron chi connectivity index (χ4n) is 2.24. The molecule has 1 unspecified atom stereocenters. The summed E-state index contributed by atoms with van der Waals surface area (Å²) in [5.41, 5.74) is 1.93. The van der Waals surface area contributed by atoms with Crippen LogP contribution in [-0.4, -0.2) is 20.3 Å². The monoisotopic (exact) mass is 316 g/mol. The largest absolute Gasteiger partial charge is 0.493 e. The molecule has 116 valence electrons. The second-order valence-corrected chi connectivity index (χ2v) is 6.08. The van der Waals surface area contributed by atoms with E-state index >= 15 is 0 Å². The molecule has 0 aliphatic carbocycles. The van der Waals surface area contributed by atoms with Gasteiger partial charge in [0, 0.05) is 22.8 Å². The lowest BCUT2D eigenvalue weighted by Gasteiger charge is -2.15. The molecule has 1 atom stereocenters. The molecule has 5 heteroatoms. The molecular weight excluding hydrogens is 296 g/mol. The van der Waals surface area contributed by atoms with Crippen molar-refractivity contribution >= 4 is 11.3 Å². The van der Waals surface area contributed by atoms with Crippen LogP contribution in [0.5, 0.6) is 11.5 Å². The molecule has 0 amide bonds. The fraction of sp³-hybridized carbons (Fsp3) is 0.353. The minimum absolute atomic E-state index is 0.325. The van der Waals surface area contributed by atoms with E-state index in [1.807, 2.05) is 23.6 Å². The topological polar surface area (TPSA) is 54.3 Å². The number of hydrogen-bond acceptors (Lipinski definition) is 5. The van der Waals surface area contributed by atoms with Gasteiger partial charge in [-0.15, -0.1) is 11.3 Å². The van der Waals surface area contributed by atoms with Gasteiger partial charge in [0.1, 0.15) is 6.07 Å². The van der Waals surface area contributed by atoms with Gasteiger partial charge in [-0.3, -0.25) is 0 Å². The molecule has 1 aromatic heterocycles. The molecule has 0 saturated carbocycles. The molecule has 1 N–H and O–H groups in total. The molecule has 2 aromatic rings. The average molecular weight is 316 g/mol. The van der Waals surface area contributed by atoms with E-state index in [0.29, 0.717) is 6.04 Å². The summed E-state index contributed by atoms with van der Waals surface area (Å²) < 4.78 is 10.6. The van der Waals surface area contributed by atoms with Crippen molar-refractivity contribution in [3.05, 3.63) is 45.6 Å². The van der Waals surface area contributed by atoms with Crippen LogP contribution >= 0.6 is 11.3 Å². The van der Waals surface area contributed by atoms with Gasteiger partial charge in [-0.25, -0.2) is 0 Å². The molecule has 0 bridgehead atoms. The Bertz CT molecular complexity index is 661. The quantitative estimate of drug-likeness (QED) is 0.851. The lowest BCUT2D eigenvalue weighted by Crippen LogP contribution is -2.27. The highest BCUT2D eigenvalue weighted by Crippen LogP contribution is 2.28. The van der Waals surface area contributed by atoms with Gasteiger partial charge < -0.3 is 14.8 Å². The normalized spacial score (nSPS) is 11.7. The second kappa shape index (κ2) is 7.83. The first-order chi connectivity index (χ1) is 10.7. The smallest absolute Gasteiger partial charge is 0.160 e. The van der Waals surface area contributed by atoms with Crippen molar-refractivity contribution in [2.75, 3.05) is 14.2 Å². The van der Waals surface area contributed by atoms with Crippen LogP contribution in [0.4, 0.5) is 0 Å². The standard InChI is InChI=1S/C17H20N2O2S/c1-12(19-10-15-7-14(9-18)11-22-15)6-13-4-5-16(20-2)17(8-13)21-3/h4-5,7-8,11-12,19H,6,10H2,1-3H3. The number of methoxy groups -OCH3 is 2.